The zero-order chi connectivity index (χ0) is 11.8. The van der Waals surface area contributed by atoms with Crippen LogP contribution in [0.4, 0.5) is 0 Å². The lowest BCUT2D eigenvalue weighted by atomic mass is 9.88. The van der Waals surface area contributed by atoms with Gasteiger partial charge in [-0.25, -0.2) is 0 Å². The van der Waals surface area contributed by atoms with E-state index in [0.717, 1.165) is 0 Å². The van der Waals surface area contributed by atoms with Crippen molar-refractivity contribution in [2.45, 2.75) is 64.5 Å². The minimum Gasteiger partial charge on any atom is -0.0631 e. The number of hydrogen-bond acceptors (Lipinski definition) is 0. The Balaban J connectivity index is 1.99. The van der Waals surface area contributed by atoms with Crippen LogP contribution in [0.25, 0.3) is 0 Å². The Morgan fingerprint density at radius 1 is 1.19 bits per heavy atom. The van der Waals surface area contributed by atoms with E-state index < -0.39 is 0 Å². The van der Waals surface area contributed by atoms with Crippen LogP contribution in [-0.4, -0.2) is 9.52 Å². The van der Waals surface area contributed by atoms with E-state index in [-0.39, 0.29) is 9.52 Å². The van der Waals surface area contributed by atoms with E-state index in [0.29, 0.717) is 5.04 Å². The smallest absolute Gasteiger partial charge is 0.0304 e. The molecule has 0 atom stereocenters. The molecule has 2 rings (SSSR count). The van der Waals surface area contributed by atoms with Crippen LogP contribution in [0.5, 0.6) is 0 Å². The van der Waals surface area contributed by atoms with Crippen molar-refractivity contribution in [1.82, 2.24) is 0 Å². The first-order chi connectivity index (χ1) is 7.47. The maximum Gasteiger partial charge on any atom is 0.0304 e. The van der Waals surface area contributed by atoms with Gasteiger partial charge in [0.2, 0.25) is 0 Å². The molecule has 1 heteroatoms. The van der Waals surface area contributed by atoms with Gasteiger partial charge in [-0.15, -0.1) is 0 Å². The van der Waals surface area contributed by atoms with Crippen molar-refractivity contribution in [2.75, 3.05) is 0 Å². The summed E-state index contributed by atoms with van der Waals surface area (Å²) in [6.45, 7) is 9.56. The van der Waals surface area contributed by atoms with Gasteiger partial charge < -0.3 is 0 Å². The molecular weight excluding hydrogens is 208 g/mol. The van der Waals surface area contributed by atoms with Gasteiger partial charge in [0.05, 0.1) is 0 Å². The third kappa shape index (κ3) is 2.68. The highest BCUT2D eigenvalue weighted by Gasteiger charge is 2.26. The van der Waals surface area contributed by atoms with Crippen LogP contribution in [0.3, 0.4) is 0 Å². The van der Waals surface area contributed by atoms with Crippen LogP contribution < -0.4 is 0 Å². The van der Waals surface area contributed by atoms with Crippen LogP contribution in [-0.2, 0) is 0 Å². The summed E-state index contributed by atoms with van der Waals surface area (Å²) in [5.74, 6) is 1.64. The van der Waals surface area contributed by atoms with Gasteiger partial charge in [0.1, 0.15) is 0 Å². The van der Waals surface area contributed by atoms with Crippen molar-refractivity contribution in [1.29, 1.82) is 0 Å². The van der Waals surface area contributed by atoms with E-state index in [1.54, 1.807) is 22.6 Å². The summed E-state index contributed by atoms with van der Waals surface area (Å²) in [6.07, 6.45) is 8.04. The van der Waals surface area contributed by atoms with Crippen LogP contribution in [0.2, 0.25) is 11.1 Å². The second kappa shape index (κ2) is 4.52. The molecule has 16 heavy (non-hydrogen) atoms. The summed E-state index contributed by atoms with van der Waals surface area (Å²) >= 11 is 0. The van der Waals surface area contributed by atoms with E-state index in [1.807, 2.05) is 0 Å². The Kier molecular flexibility index (Phi) is 3.44. The second-order valence-electron chi connectivity index (χ2n) is 6.57. The Morgan fingerprint density at radius 2 is 1.88 bits per heavy atom. The molecule has 0 aromatic carbocycles. The van der Waals surface area contributed by atoms with Crippen LogP contribution in [0.15, 0.2) is 22.8 Å². The Morgan fingerprint density at radius 3 is 2.50 bits per heavy atom. The van der Waals surface area contributed by atoms with Crippen LogP contribution >= 0.6 is 0 Å². The molecule has 89 valence electrons. The van der Waals surface area contributed by atoms with Crippen molar-refractivity contribution in [2.24, 2.45) is 0 Å². The summed E-state index contributed by atoms with van der Waals surface area (Å²) < 4.78 is 0. The van der Waals surface area contributed by atoms with E-state index >= 15 is 0 Å². The van der Waals surface area contributed by atoms with Gasteiger partial charge in [-0.3, -0.25) is 0 Å². The van der Waals surface area contributed by atoms with Gasteiger partial charge in [0.25, 0.3) is 0 Å². The van der Waals surface area contributed by atoms with Crippen molar-refractivity contribution < 1.29 is 0 Å². The molecule has 0 aliphatic heterocycles. The molecule has 0 aromatic rings. The lowest BCUT2D eigenvalue weighted by Crippen LogP contribution is -2.10. The highest BCUT2D eigenvalue weighted by Crippen LogP contribution is 2.43. The van der Waals surface area contributed by atoms with Gasteiger partial charge >= 0.3 is 0 Å². The van der Waals surface area contributed by atoms with Crippen molar-refractivity contribution >= 4 is 9.52 Å². The molecule has 0 aromatic heterocycles. The first-order valence-electron chi connectivity index (χ1n) is 6.74. The largest absolute Gasteiger partial charge is 0.0631 e. The normalized spacial score (nSPS) is 23.1. The standard InChI is InChI=1S/C15H25Si/c1-11-13(10-16-15(2,3)4)9-12-7-5-6-8-14(11)12/h9H,5-8,10,16H2,1-4H3. The Bertz CT molecular complexity index is 328. The maximum atomic E-state index is 2.53. The molecule has 1 radical (unpaired) electrons. The fourth-order valence-corrected chi connectivity index (χ4v) is 4.34. The van der Waals surface area contributed by atoms with Crippen molar-refractivity contribution in [3.05, 3.63) is 28.7 Å². The summed E-state index contributed by atoms with van der Waals surface area (Å²) in [5.41, 5.74) is 5.08. The SMILES string of the molecule is C[C]1C(C[SiH2]C(C)(C)C)=CC2=C1CCCC2. The molecule has 0 saturated carbocycles. The Hall–Kier alpha value is -0.303. The number of rotatable bonds is 2. The topological polar surface area (TPSA) is 0 Å². The Labute approximate surface area is 103 Å². The molecule has 0 bridgehead atoms. The molecule has 0 fully saturated rings. The highest BCUT2D eigenvalue weighted by molar-refractivity contribution is 6.40. The quantitative estimate of drug-likeness (QED) is 0.627. The van der Waals surface area contributed by atoms with Gasteiger partial charge in [-0.05, 0) is 42.3 Å². The lowest BCUT2D eigenvalue weighted by Gasteiger charge is -2.21. The molecule has 0 N–H and O–H groups in total. The van der Waals surface area contributed by atoms with Crippen molar-refractivity contribution in [3.63, 3.8) is 0 Å². The number of hydrogen-bond donors (Lipinski definition) is 0. The van der Waals surface area contributed by atoms with Gasteiger partial charge in [-0.1, -0.05) is 44.9 Å². The minimum absolute atomic E-state index is 0.0324. The molecule has 0 amide bonds. The fourth-order valence-electron chi connectivity index (χ4n) is 2.80. The van der Waals surface area contributed by atoms with Gasteiger partial charge in [0, 0.05) is 15.4 Å². The molecule has 2 aliphatic rings. The van der Waals surface area contributed by atoms with E-state index in [2.05, 4.69) is 33.8 Å². The predicted molar refractivity (Wildman–Crippen MR) is 75.6 cm³/mol. The minimum atomic E-state index is 0.0324. The van der Waals surface area contributed by atoms with Crippen molar-refractivity contribution in [3.8, 4) is 0 Å². The second-order valence-corrected chi connectivity index (χ2v) is 9.69. The molecule has 0 unspecified atom stereocenters. The summed E-state index contributed by atoms with van der Waals surface area (Å²) in [4.78, 5) is 0. The van der Waals surface area contributed by atoms with Crippen LogP contribution in [0.1, 0.15) is 53.4 Å². The van der Waals surface area contributed by atoms with Gasteiger partial charge in [0.15, 0.2) is 0 Å². The molecule has 2 aliphatic carbocycles. The third-order valence-corrected chi connectivity index (χ3v) is 6.23. The zero-order valence-corrected chi connectivity index (χ0v) is 12.7. The zero-order valence-electron chi connectivity index (χ0n) is 11.3. The predicted octanol–water partition coefficient (Wildman–Crippen LogP) is 4.20. The summed E-state index contributed by atoms with van der Waals surface area (Å²) in [7, 11) is 0.0324. The molecule has 0 nitrogen and oxygen atoms in total. The average Bonchev–Trinajstić information content (AvgIpc) is 2.53. The summed E-state index contributed by atoms with van der Waals surface area (Å²) in [5, 5.41) is 0.601. The van der Waals surface area contributed by atoms with Crippen LogP contribution in [0, 0.1) is 5.92 Å². The number of allylic oxidation sites excluding steroid dienone is 4. The fraction of sp³-hybridized carbons (Fsp3) is 0.667. The van der Waals surface area contributed by atoms with E-state index in [4.69, 9.17) is 0 Å². The first-order valence-corrected chi connectivity index (χ1v) is 8.45. The molecular formula is C15H25Si. The average molecular weight is 233 g/mol. The molecule has 0 spiro atoms. The maximum absolute atomic E-state index is 2.53. The highest BCUT2D eigenvalue weighted by atomic mass is 28.2. The molecule has 0 heterocycles. The first kappa shape index (κ1) is 12.2. The monoisotopic (exact) mass is 233 g/mol. The summed E-state index contributed by atoms with van der Waals surface area (Å²) in [6, 6.07) is 1.41. The molecule has 0 saturated heterocycles. The lowest BCUT2D eigenvalue weighted by molar-refractivity contribution is 0.685. The third-order valence-electron chi connectivity index (χ3n) is 3.94. The van der Waals surface area contributed by atoms with E-state index in [1.165, 1.54) is 31.7 Å². The van der Waals surface area contributed by atoms with E-state index in [9.17, 15) is 0 Å². The van der Waals surface area contributed by atoms with Gasteiger partial charge in [-0.2, -0.15) is 0 Å².